The highest BCUT2D eigenvalue weighted by molar-refractivity contribution is 5.89. The summed E-state index contributed by atoms with van der Waals surface area (Å²) in [5.74, 6) is -0.716. The lowest BCUT2D eigenvalue weighted by Crippen LogP contribution is -2.12. The number of nitrogens with zero attached hydrogens (tertiary/aromatic N) is 2. The molecule has 1 aromatic carbocycles. The highest BCUT2D eigenvalue weighted by Crippen LogP contribution is 2.30. The molecule has 21 heavy (non-hydrogen) atoms. The normalized spacial score (nSPS) is 11.1. The van der Waals surface area contributed by atoms with Crippen molar-refractivity contribution in [3.05, 3.63) is 46.8 Å². The maximum Gasteiger partial charge on any atom is 0.339 e. The van der Waals surface area contributed by atoms with Crippen LogP contribution in [-0.4, -0.2) is 20.9 Å². The van der Waals surface area contributed by atoms with Crippen LogP contribution in [0.5, 0.6) is 0 Å². The van der Waals surface area contributed by atoms with Gasteiger partial charge in [0.05, 0.1) is 17.6 Å². The molecule has 2 rings (SSSR count). The van der Waals surface area contributed by atoms with Crippen molar-refractivity contribution in [2.45, 2.75) is 46.5 Å². The molecule has 1 heterocycles. The van der Waals surface area contributed by atoms with Gasteiger partial charge in [0.2, 0.25) is 0 Å². The maximum absolute atomic E-state index is 11.5. The fourth-order valence-electron chi connectivity index (χ4n) is 2.75. The van der Waals surface area contributed by atoms with Crippen LogP contribution in [0.15, 0.2) is 24.4 Å². The minimum Gasteiger partial charge on any atom is -0.478 e. The first-order valence-electron chi connectivity index (χ1n) is 7.39. The van der Waals surface area contributed by atoms with Gasteiger partial charge in [-0.15, -0.1) is 0 Å². The molecule has 2 aromatic rings. The Morgan fingerprint density at radius 2 is 1.95 bits per heavy atom. The van der Waals surface area contributed by atoms with Crippen molar-refractivity contribution in [1.82, 2.24) is 9.78 Å². The predicted octanol–water partition coefficient (Wildman–Crippen LogP) is 4.09. The van der Waals surface area contributed by atoms with E-state index in [0.29, 0.717) is 5.56 Å². The molecule has 0 aliphatic heterocycles. The number of carbonyl (C=O) groups is 1. The van der Waals surface area contributed by atoms with Crippen LogP contribution in [0.2, 0.25) is 0 Å². The molecule has 4 nitrogen and oxygen atoms in total. The van der Waals surface area contributed by atoms with Crippen LogP contribution in [-0.2, 0) is 0 Å². The van der Waals surface area contributed by atoms with E-state index in [9.17, 15) is 9.90 Å². The van der Waals surface area contributed by atoms with Crippen LogP contribution in [0.25, 0.3) is 5.69 Å². The van der Waals surface area contributed by atoms with Crippen molar-refractivity contribution < 1.29 is 9.90 Å². The molecule has 4 heteroatoms. The van der Waals surface area contributed by atoms with Crippen molar-refractivity contribution in [3.8, 4) is 5.69 Å². The predicted molar refractivity (Wildman–Crippen MR) is 83.3 cm³/mol. The summed E-state index contributed by atoms with van der Waals surface area (Å²) in [7, 11) is 0. The summed E-state index contributed by atoms with van der Waals surface area (Å²) in [6.45, 7) is 8.27. The van der Waals surface area contributed by atoms with E-state index in [0.717, 1.165) is 29.8 Å². The van der Waals surface area contributed by atoms with Gasteiger partial charge in [0, 0.05) is 5.92 Å². The lowest BCUT2D eigenvalue weighted by Gasteiger charge is -2.18. The Hall–Kier alpha value is -2.10. The van der Waals surface area contributed by atoms with Gasteiger partial charge in [-0.3, -0.25) is 0 Å². The Kier molecular flexibility index (Phi) is 4.46. The van der Waals surface area contributed by atoms with Gasteiger partial charge < -0.3 is 5.11 Å². The SMILES string of the molecule is CCC(CC)c1c(C(=O)O)cnn1-c1cccc(C)c1C. The monoisotopic (exact) mass is 286 g/mol. The van der Waals surface area contributed by atoms with Gasteiger partial charge in [0.15, 0.2) is 0 Å². The number of aromatic nitrogens is 2. The molecule has 0 aliphatic rings. The molecule has 0 amide bonds. The first-order valence-corrected chi connectivity index (χ1v) is 7.39. The van der Waals surface area contributed by atoms with Gasteiger partial charge in [-0.1, -0.05) is 26.0 Å². The number of carboxylic acids is 1. The number of aromatic carboxylic acids is 1. The van der Waals surface area contributed by atoms with Crippen LogP contribution in [0.4, 0.5) is 0 Å². The molecule has 0 saturated carbocycles. The summed E-state index contributed by atoms with van der Waals surface area (Å²) >= 11 is 0. The molecule has 0 saturated heterocycles. The van der Waals surface area contributed by atoms with Crippen LogP contribution in [0.1, 0.15) is 59.8 Å². The van der Waals surface area contributed by atoms with E-state index in [1.54, 1.807) is 0 Å². The third-order valence-electron chi connectivity index (χ3n) is 4.21. The molecule has 1 N–H and O–H groups in total. The van der Waals surface area contributed by atoms with Gasteiger partial charge in [0.1, 0.15) is 5.56 Å². The van der Waals surface area contributed by atoms with Crippen LogP contribution >= 0.6 is 0 Å². The minimum atomic E-state index is -0.909. The van der Waals surface area contributed by atoms with Gasteiger partial charge in [0.25, 0.3) is 0 Å². The van der Waals surface area contributed by atoms with E-state index in [4.69, 9.17) is 0 Å². The molecular formula is C17H22N2O2. The Morgan fingerprint density at radius 1 is 1.29 bits per heavy atom. The standard InChI is InChI=1S/C17H22N2O2/c1-5-13(6-2)16-14(17(20)21)10-18-19(16)15-9-7-8-11(3)12(15)4/h7-10,13H,5-6H2,1-4H3,(H,20,21). The molecule has 0 bridgehead atoms. The van der Waals surface area contributed by atoms with E-state index in [2.05, 4.69) is 31.9 Å². The summed E-state index contributed by atoms with van der Waals surface area (Å²) in [5.41, 5.74) is 4.38. The average molecular weight is 286 g/mol. The number of benzene rings is 1. The molecule has 0 atom stereocenters. The Morgan fingerprint density at radius 3 is 2.52 bits per heavy atom. The highest BCUT2D eigenvalue weighted by Gasteiger charge is 2.24. The second-order valence-corrected chi connectivity index (χ2v) is 5.39. The quantitative estimate of drug-likeness (QED) is 0.900. The highest BCUT2D eigenvalue weighted by atomic mass is 16.4. The van der Waals surface area contributed by atoms with Crippen LogP contribution < -0.4 is 0 Å². The van der Waals surface area contributed by atoms with Crippen molar-refractivity contribution in [2.24, 2.45) is 0 Å². The minimum absolute atomic E-state index is 0.193. The van der Waals surface area contributed by atoms with Gasteiger partial charge >= 0.3 is 5.97 Å². The number of aryl methyl sites for hydroxylation is 1. The van der Waals surface area contributed by atoms with Gasteiger partial charge in [-0.25, -0.2) is 9.48 Å². The number of rotatable bonds is 5. The smallest absolute Gasteiger partial charge is 0.339 e. The Labute approximate surface area is 125 Å². The molecule has 0 fully saturated rings. The first-order chi connectivity index (χ1) is 10.0. The Bertz CT molecular complexity index is 655. The average Bonchev–Trinajstić information content (AvgIpc) is 2.88. The van der Waals surface area contributed by atoms with Crippen molar-refractivity contribution in [3.63, 3.8) is 0 Å². The molecule has 0 spiro atoms. The largest absolute Gasteiger partial charge is 0.478 e. The summed E-state index contributed by atoms with van der Waals surface area (Å²) in [4.78, 5) is 11.5. The van der Waals surface area contributed by atoms with Crippen molar-refractivity contribution in [2.75, 3.05) is 0 Å². The third kappa shape index (κ3) is 2.71. The topological polar surface area (TPSA) is 55.1 Å². The molecule has 0 unspecified atom stereocenters. The number of hydrogen-bond acceptors (Lipinski definition) is 2. The number of hydrogen-bond donors (Lipinski definition) is 1. The van der Waals surface area contributed by atoms with Crippen molar-refractivity contribution in [1.29, 1.82) is 0 Å². The maximum atomic E-state index is 11.5. The summed E-state index contributed by atoms with van der Waals surface area (Å²) in [6.07, 6.45) is 3.26. The van der Waals surface area contributed by atoms with E-state index in [1.807, 2.05) is 23.7 Å². The lowest BCUT2D eigenvalue weighted by molar-refractivity contribution is 0.0695. The zero-order chi connectivity index (χ0) is 15.6. The van der Waals surface area contributed by atoms with E-state index in [-0.39, 0.29) is 5.92 Å². The summed E-state index contributed by atoms with van der Waals surface area (Å²) < 4.78 is 1.81. The molecule has 1 aromatic heterocycles. The summed E-state index contributed by atoms with van der Waals surface area (Å²) in [5, 5.41) is 13.8. The first kappa shape index (κ1) is 15.3. The van der Waals surface area contributed by atoms with Gasteiger partial charge in [-0.05, 0) is 43.9 Å². The Balaban J connectivity index is 2.69. The second-order valence-electron chi connectivity index (χ2n) is 5.39. The zero-order valence-corrected chi connectivity index (χ0v) is 13.1. The van der Waals surface area contributed by atoms with E-state index >= 15 is 0 Å². The second kappa shape index (κ2) is 6.12. The fourth-order valence-corrected chi connectivity index (χ4v) is 2.75. The van der Waals surface area contributed by atoms with Crippen LogP contribution in [0.3, 0.4) is 0 Å². The van der Waals surface area contributed by atoms with Crippen LogP contribution in [0, 0.1) is 13.8 Å². The summed E-state index contributed by atoms with van der Waals surface area (Å²) in [6, 6.07) is 6.03. The molecule has 0 aliphatic carbocycles. The van der Waals surface area contributed by atoms with Crippen molar-refractivity contribution >= 4 is 5.97 Å². The lowest BCUT2D eigenvalue weighted by atomic mass is 9.95. The molecular weight excluding hydrogens is 264 g/mol. The third-order valence-corrected chi connectivity index (χ3v) is 4.21. The zero-order valence-electron chi connectivity index (χ0n) is 13.1. The molecule has 0 radical (unpaired) electrons. The van der Waals surface area contributed by atoms with E-state index < -0.39 is 5.97 Å². The fraction of sp³-hybridized carbons (Fsp3) is 0.412. The van der Waals surface area contributed by atoms with Gasteiger partial charge in [-0.2, -0.15) is 5.10 Å². The number of carboxylic acid groups (broad SMARTS) is 1. The molecule has 112 valence electrons. The van der Waals surface area contributed by atoms with E-state index in [1.165, 1.54) is 11.8 Å².